The maximum absolute atomic E-state index is 13.7. The lowest BCUT2D eigenvalue weighted by molar-refractivity contribution is -0.128. The Morgan fingerprint density at radius 2 is 1.58 bits per heavy atom. The third-order valence-electron chi connectivity index (χ3n) is 7.99. The third kappa shape index (κ3) is 4.63. The van der Waals surface area contributed by atoms with Gasteiger partial charge in [0.1, 0.15) is 5.54 Å². The van der Waals surface area contributed by atoms with Crippen molar-refractivity contribution in [2.45, 2.75) is 45.1 Å². The molecule has 190 valence electrons. The molecule has 2 fully saturated rings. The lowest BCUT2D eigenvalue weighted by Gasteiger charge is -2.45. The highest BCUT2D eigenvalue weighted by Gasteiger charge is 2.52. The van der Waals surface area contributed by atoms with Crippen molar-refractivity contribution in [1.82, 2.24) is 9.80 Å². The van der Waals surface area contributed by atoms with Crippen LogP contribution < -0.4 is 15.5 Å². The molecule has 2 aromatic rings. The Kier molecular flexibility index (Phi) is 6.81. The predicted octanol–water partition coefficient (Wildman–Crippen LogP) is 3.16. The normalized spacial score (nSPS) is 19.7. The van der Waals surface area contributed by atoms with Gasteiger partial charge in [0.2, 0.25) is 11.8 Å². The molecule has 2 N–H and O–H groups in total. The number of fused-ring (bicyclic) bond motifs is 1. The van der Waals surface area contributed by atoms with Crippen molar-refractivity contribution in [2.24, 2.45) is 0 Å². The van der Waals surface area contributed by atoms with Crippen LogP contribution in [0.3, 0.4) is 0 Å². The molecule has 2 aliphatic heterocycles. The standard InChI is InChI=1S/C28H35N5O3/c1-20-8-7-10-22(21(20)2)29-25(34)18-31-14-16-32(17-15-31)19-26(35)33-24-11-4-3-9-23(24)30-27(36)28(33)12-5-6-13-28/h3-4,7-11H,5-6,12-19H2,1-2H3,(H,29,34)(H,30,36). The fraction of sp³-hybridized carbons (Fsp3) is 0.464. The predicted molar refractivity (Wildman–Crippen MR) is 141 cm³/mol. The van der Waals surface area contributed by atoms with Gasteiger partial charge in [-0.1, -0.05) is 37.1 Å². The maximum Gasteiger partial charge on any atom is 0.250 e. The Morgan fingerprint density at radius 3 is 2.31 bits per heavy atom. The summed E-state index contributed by atoms with van der Waals surface area (Å²) in [7, 11) is 0. The van der Waals surface area contributed by atoms with E-state index in [1.807, 2.05) is 56.3 Å². The number of nitrogens with one attached hydrogen (secondary N) is 2. The van der Waals surface area contributed by atoms with E-state index in [4.69, 9.17) is 0 Å². The van der Waals surface area contributed by atoms with Gasteiger partial charge in [-0.05, 0) is 56.0 Å². The molecule has 0 atom stereocenters. The summed E-state index contributed by atoms with van der Waals surface area (Å²) in [5, 5.41) is 6.07. The molecule has 0 aromatic heterocycles. The Bertz CT molecular complexity index is 1170. The van der Waals surface area contributed by atoms with Crippen LogP contribution in [0.5, 0.6) is 0 Å². The number of hydrogen-bond donors (Lipinski definition) is 2. The van der Waals surface area contributed by atoms with Gasteiger partial charge in [0.15, 0.2) is 0 Å². The van der Waals surface area contributed by atoms with Gasteiger partial charge in [-0.2, -0.15) is 0 Å². The molecule has 1 aliphatic carbocycles. The summed E-state index contributed by atoms with van der Waals surface area (Å²) in [6.45, 7) is 7.50. The van der Waals surface area contributed by atoms with Crippen LogP contribution in [-0.2, 0) is 14.4 Å². The number of anilines is 3. The van der Waals surface area contributed by atoms with Crippen LogP contribution >= 0.6 is 0 Å². The first kappa shape index (κ1) is 24.5. The summed E-state index contributed by atoms with van der Waals surface area (Å²) in [5.41, 5.74) is 3.82. The summed E-state index contributed by atoms with van der Waals surface area (Å²) in [6.07, 6.45) is 3.29. The number of carbonyl (C=O) groups is 3. The van der Waals surface area contributed by atoms with Crippen molar-refractivity contribution in [3.63, 3.8) is 0 Å². The second kappa shape index (κ2) is 10.0. The summed E-state index contributed by atoms with van der Waals surface area (Å²) in [5.74, 6) is -0.112. The fourth-order valence-corrected chi connectivity index (χ4v) is 5.78. The first-order valence-corrected chi connectivity index (χ1v) is 12.9. The summed E-state index contributed by atoms with van der Waals surface area (Å²) in [6, 6.07) is 13.5. The molecule has 2 aromatic carbocycles. The minimum atomic E-state index is -0.779. The molecular formula is C28H35N5O3. The summed E-state index contributed by atoms with van der Waals surface area (Å²) in [4.78, 5) is 45.5. The van der Waals surface area contributed by atoms with E-state index in [1.165, 1.54) is 0 Å². The second-order valence-electron chi connectivity index (χ2n) is 10.3. The largest absolute Gasteiger partial charge is 0.325 e. The minimum absolute atomic E-state index is 0.0210. The molecule has 2 heterocycles. The van der Waals surface area contributed by atoms with E-state index in [0.717, 1.165) is 48.4 Å². The van der Waals surface area contributed by atoms with Gasteiger partial charge in [-0.3, -0.25) is 29.1 Å². The average molecular weight is 490 g/mol. The monoisotopic (exact) mass is 489 g/mol. The Hall–Kier alpha value is -3.23. The lowest BCUT2D eigenvalue weighted by atomic mass is 9.89. The first-order chi connectivity index (χ1) is 17.4. The van der Waals surface area contributed by atoms with Crippen LogP contribution in [0.2, 0.25) is 0 Å². The van der Waals surface area contributed by atoms with Gasteiger partial charge in [0.05, 0.1) is 24.5 Å². The van der Waals surface area contributed by atoms with Gasteiger partial charge in [-0.25, -0.2) is 0 Å². The average Bonchev–Trinajstić information content (AvgIpc) is 3.34. The molecule has 8 heteroatoms. The molecule has 3 amide bonds. The number of amides is 3. The van der Waals surface area contributed by atoms with E-state index < -0.39 is 5.54 Å². The number of carbonyl (C=O) groups excluding carboxylic acids is 3. The molecule has 0 unspecified atom stereocenters. The van der Waals surface area contributed by atoms with Crippen molar-refractivity contribution in [3.05, 3.63) is 53.6 Å². The molecule has 0 bridgehead atoms. The lowest BCUT2D eigenvalue weighted by Crippen LogP contribution is -2.62. The quantitative estimate of drug-likeness (QED) is 0.674. The molecule has 5 rings (SSSR count). The molecule has 3 aliphatic rings. The number of benzene rings is 2. The van der Waals surface area contributed by atoms with Crippen molar-refractivity contribution in [2.75, 3.05) is 54.8 Å². The zero-order valence-electron chi connectivity index (χ0n) is 21.2. The number of piperazine rings is 1. The van der Waals surface area contributed by atoms with Gasteiger partial charge >= 0.3 is 0 Å². The van der Waals surface area contributed by atoms with Crippen LogP contribution in [0.15, 0.2) is 42.5 Å². The first-order valence-electron chi connectivity index (χ1n) is 12.9. The SMILES string of the molecule is Cc1cccc(NC(=O)CN2CCN(CC(=O)N3c4ccccc4NC(=O)C34CCCC4)CC2)c1C. The zero-order valence-corrected chi connectivity index (χ0v) is 21.2. The zero-order chi connectivity index (χ0) is 25.3. The highest BCUT2D eigenvalue weighted by Crippen LogP contribution is 2.45. The van der Waals surface area contributed by atoms with E-state index in [0.29, 0.717) is 38.2 Å². The number of para-hydroxylation sites is 2. The Balaban J connectivity index is 1.19. The van der Waals surface area contributed by atoms with Gasteiger partial charge in [0.25, 0.3) is 5.91 Å². The summed E-state index contributed by atoms with van der Waals surface area (Å²) >= 11 is 0. The molecule has 8 nitrogen and oxygen atoms in total. The van der Waals surface area contributed by atoms with E-state index in [1.54, 1.807) is 4.90 Å². The molecule has 1 spiro atoms. The third-order valence-corrected chi connectivity index (χ3v) is 7.99. The smallest absolute Gasteiger partial charge is 0.250 e. The highest BCUT2D eigenvalue weighted by atomic mass is 16.2. The number of nitrogens with zero attached hydrogens (tertiary/aromatic N) is 3. The van der Waals surface area contributed by atoms with Crippen LogP contribution in [0.25, 0.3) is 0 Å². The maximum atomic E-state index is 13.7. The van der Waals surface area contributed by atoms with Crippen LogP contribution in [0.4, 0.5) is 17.1 Å². The van der Waals surface area contributed by atoms with E-state index in [2.05, 4.69) is 20.4 Å². The minimum Gasteiger partial charge on any atom is -0.325 e. The number of hydrogen-bond acceptors (Lipinski definition) is 5. The van der Waals surface area contributed by atoms with E-state index in [9.17, 15) is 14.4 Å². The van der Waals surface area contributed by atoms with Crippen LogP contribution in [-0.4, -0.2) is 72.3 Å². The van der Waals surface area contributed by atoms with Crippen molar-refractivity contribution >= 4 is 34.8 Å². The van der Waals surface area contributed by atoms with Crippen LogP contribution in [0, 0.1) is 13.8 Å². The van der Waals surface area contributed by atoms with E-state index in [-0.39, 0.29) is 24.3 Å². The molecular weight excluding hydrogens is 454 g/mol. The molecule has 1 saturated heterocycles. The molecule has 36 heavy (non-hydrogen) atoms. The number of aryl methyl sites for hydroxylation is 1. The Labute approximate surface area is 212 Å². The van der Waals surface area contributed by atoms with Crippen molar-refractivity contribution in [3.8, 4) is 0 Å². The molecule has 1 saturated carbocycles. The topological polar surface area (TPSA) is 85.0 Å². The highest BCUT2D eigenvalue weighted by molar-refractivity contribution is 6.15. The Morgan fingerprint density at radius 1 is 0.917 bits per heavy atom. The van der Waals surface area contributed by atoms with Crippen molar-refractivity contribution in [1.29, 1.82) is 0 Å². The van der Waals surface area contributed by atoms with Crippen LogP contribution in [0.1, 0.15) is 36.8 Å². The van der Waals surface area contributed by atoms with Gasteiger partial charge in [0, 0.05) is 31.9 Å². The summed E-state index contributed by atoms with van der Waals surface area (Å²) < 4.78 is 0. The second-order valence-corrected chi connectivity index (χ2v) is 10.3. The molecule has 0 radical (unpaired) electrons. The number of rotatable bonds is 5. The van der Waals surface area contributed by atoms with Gasteiger partial charge in [-0.15, -0.1) is 0 Å². The van der Waals surface area contributed by atoms with Crippen molar-refractivity contribution < 1.29 is 14.4 Å². The fourth-order valence-electron chi connectivity index (χ4n) is 5.78. The van der Waals surface area contributed by atoms with E-state index >= 15 is 0 Å². The van der Waals surface area contributed by atoms with Gasteiger partial charge < -0.3 is 10.6 Å².